The third kappa shape index (κ3) is 2.62. The molecule has 0 spiro atoms. The van der Waals surface area contributed by atoms with Gasteiger partial charge in [0.25, 0.3) is 0 Å². The summed E-state index contributed by atoms with van der Waals surface area (Å²) in [4.78, 5) is 11.7. The lowest BCUT2D eigenvalue weighted by Crippen LogP contribution is -2.37. The van der Waals surface area contributed by atoms with Gasteiger partial charge in [-0.25, -0.2) is 0 Å². The van der Waals surface area contributed by atoms with Crippen LogP contribution in [-0.4, -0.2) is 24.5 Å². The molecule has 0 radical (unpaired) electrons. The molecule has 1 aromatic rings. The third-order valence-electron chi connectivity index (χ3n) is 2.41. The lowest BCUT2D eigenvalue weighted by atomic mass is 9.97. The molecule has 0 aromatic heterocycles. The van der Waals surface area contributed by atoms with Crippen LogP contribution in [0, 0.1) is 0 Å². The van der Waals surface area contributed by atoms with Crippen LogP contribution in [0.4, 0.5) is 0 Å². The normalized spacial score (nSPS) is 16.2. The van der Waals surface area contributed by atoms with Gasteiger partial charge < -0.3 is 9.47 Å². The molecule has 0 aliphatic carbocycles. The first-order valence-electron chi connectivity index (χ1n) is 4.89. The monoisotopic (exact) mass is 286 g/mol. The van der Waals surface area contributed by atoms with Gasteiger partial charge >= 0.3 is 5.97 Å². The van der Waals surface area contributed by atoms with Crippen LogP contribution in [-0.2, 0) is 14.3 Å². The van der Waals surface area contributed by atoms with Gasteiger partial charge in [-0.2, -0.15) is 0 Å². The number of esters is 1. The van der Waals surface area contributed by atoms with Crippen LogP contribution in [0.15, 0.2) is 30.3 Å². The Morgan fingerprint density at radius 3 is 2.31 bits per heavy atom. The van der Waals surface area contributed by atoms with E-state index in [0.717, 1.165) is 5.56 Å². The average Bonchev–Trinajstić information content (AvgIpc) is 2.30. The quantitative estimate of drug-likeness (QED) is 0.631. The highest BCUT2D eigenvalue weighted by Crippen LogP contribution is 2.37. The van der Waals surface area contributed by atoms with E-state index in [1.807, 2.05) is 30.3 Å². The molecule has 0 N–H and O–H groups in total. The Morgan fingerprint density at radius 1 is 1.31 bits per heavy atom. The number of hydrogen-bond acceptors (Lipinski definition) is 3. The van der Waals surface area contributed by atoms with Crippen molar-refractivity contribution in [2.24, 2.45) is 0 Å². The summed E-state index contributed by atoms with van der Waals surface area (Å²) in [6.07, 6.45) is -0.388. The summed E-state index contributed by atoms with van der Waals surface area (Å²) in [5, 5.41) is 0. The average molecular weight is 287 g/mol. The number of halogens is 1. The van der Waals surface area contributed by atoms with Crippen LogP contribution in [0.25, 0.3) is 0 Å². The Labute approximate surface area is 104 Å². The van der Waals surface area contributed by atoms with Crippen LogP contribution in [0.1, 0.15) is 18.6 Å². The number of benzene rings is 1. The van der Waals surface area contributed by atoms with E-state index in [0.29, 0.717) is 0 Å². The molecule has 16 heavy (non-hydrogen) atoms. The molecule has 0 saturated carbocycles. The number of alkyl halides is 1. The van der Waals surface area contributed by atoms with Gasteiger partial charge in [0.2, 0.25) is 0 Å². The van der Waals surface area contributed by atoms with Gasteiger partial charge in [-0.05, 0) is 12.5 Å². The number of hydrogen-bond donors (Lipinski definition) is 0. The fourth-order valence-electron chi connectivity index (χ4n) is 1.60. The maximum absolute atomic E-state index is 11.7. The van der Waals surface area contributed by atoms with Crippen LogP contribution < -0.4 is 0 Å². The van der Waals surface area contributed by atoms with E-state index in [-0.39, 0.29) is 12.1 Å². The molecule has 0 amide bonds. The molecule has 1 rings (SSSR count). The second-order valence-electron chi connectivity index (χ2n) is 3.59. The summed E-state index contributed by atoms with van der Waals surface area (Å²) >= 11 is 3.37. The van der Waals surface area contributed by atoms with E-state index < -0.39 is 4.32 Å². The summed E-state index contributed by atoms with van der Waals surface area (Å²) in [7, 11) is 2.93. The molecular weight excluding hydrogens is 272 g/mol. The van der Waals surface area contributed by atoms with Crippen LogP contribution in [0.2, 0.25) is 0 Å². The second kappa shape index (κ2) is 5.46. The number of carbonyl (C=O) groups excluding carboxylic acids is 1. The summed E-state index contributed by atoms with van der Waals surface area (Å²) in [5.74, 6) is -0.358. The van der Waals surface area contributed by atoms with E-state index in [4.69, 9.17) is 9.47 Å². The minimum Gasteiger partial charge on any atom is -0.468 e. The van der Waals surface area contributed by atoms with Crippen molar-refractivity contribution in [3.05, 3.63) is 35.9 Å². The molecule has 0 unspecified atom stereocenters. The number of methoxy groups -OCH3 is 2. The summed E-state index contributed by atoms with van der Waals surface area (Å²) in [5.41, 5.74) is 0.926. The Morgan fingerprint density at radius 2 is 1.88 bits per heavy atom. The molecule has 3 nitrogen and oxygen atoms in total. The van der Waals surface area contributed by atoms with Crippen LogP contribution in [0.3, 0.4) is 0 Å². The fourth-order valence-corrected chi connectivity index (χ4v) is 2.22. The highest BCUT2D eigenvalue weighted by atomic mass is 79.9. The van der Waals surface area contributed by atoms with Gasteiger partial charge in [-0.15, -0.1) is 0 Å². The maximum Gasteiger partial charge on any atom is 0.325 e. The zero-order chi connectivity index (χ0) is 12.2. The molecule has 4 heteroatoms. The SMILES string of the molecule is COC(=O)[C@](C)(Br)[C@@H](OC)c1ccccc1. The smallest absolute Gasteiger partial charge is 0.325 e. The molecule has 0 aliphatic heterocycles. The topological polar surface area (TPSA) is 35.5 Å². The predicted octanol–water partition coefficient (Wildman–Crippen LogP) is 2.70. The van der Waals surface area contributed by atoms with Crippen molar-refractivity contribution in [3.8, 4) is 0 Å². The first kappa shape index (κ1) is 13.2. The van der Waals surface area contributed by atoms with Crippen molar-refractivity contribution >= 4 is 21.9 Å². The molecule has 1 aromatic carbocycles. The number of carbonyl (C=O) groups is 1. The third-order valence-corrected chi connectivity index (χ3v) is 3.15. The Hall–Kier alpha value is -0.870. The Bertz CT molecular complexity index is 349. The van der Waals surface area contributed by atoms with E-state index >= 15 is 0 Å². The summed E-state index contributed by atoms with van der Waals surface area (Å²) in [6, 6.07) is 9.55. The highest BCUT2D eigenvalue weighted by Gasteiger charge is 2.41. The molecule has 0 fully saturated rings. The standard InChI is InChI=1S/C12H15BrO3/c1-12(13,11(14)16-3)10(15-2)9-7-5-4-6-8-9/h4-8,10H,1-3H3/t10-,12+/m0/s1. The molecule has 0 bridgehead atoms. The first-order chi connectivity index (χ1) is 7.54. The van der Waals surface area contributed by atoms with Crippen molar-refractivity contribution in [1.82, 2.24) is 0 Å². The van der Waals surface area contributed by atoms with Gasteiger partial charge in [0.15, 0.2) is 4.32 Å². The lowest BCUT2D eigenvalue weighted by molar-refractivity contribution is -0.146. The van der Waals surface area contributed by atoms with E-state index in [1.54, 1.807) is 14.0 Å². The fraction of sp³-hybridized carbons (Fsp3) is 0.417. The van der Waals surface area contributed by atoms with E-state index in [2.05, 4.69) is 15.9 Å². The van der Waals surface area contributed by atoms with Crippen molar-refractivity contribution in [2.75, 3.05) is 14.2 Å². The van der Waals surface area contributed by atoms with E-state index in [1.165, 1.54) is 7.11 Å². The van der Waals surface area contributed by atoms with Crippen molar-refractivity contribution < 1.29 is 14.3 Å². The Kier molecular flexibility index (Phi) is 4.50. The molecule has 0 aliphatic rings. The van der Waals surface area contributed by atoms with Crippen LogP contribution in [0.5, 0.6) is 0 Å². The number of ether oxygens (including phenoxy) is 2. The van der Waals surface area contributed by atoms with Crippen molar-refractivity contribution in [3.63, 3.8) is 0 Å². The minimum absolute atomic E-state index is 0.358. The van der Waals surface area contributed by atoms with Gasteiger partial charge in [0.1, 0.15) is 6.10 Å². The minimum atomic E-state index is -0.891. The summed E-state index contributed by atoms with van der Waals surface area (Å²) < 4.78 is 9.24. The van der Waals surface area contributed by atoms with Gasteiger partial charge in [0, 0.05) is 7.11 Å². The van der Waals surface area contributed by atoms with Crippen LogP contribution >= 0.6 is 15.9 Å². The molecule has 2 atom stereocenters. The largest absolute Gasteiger partial charge is 0.468 e. The lowest BCUT2D eigenvalue weighted by Gasteiger charge is -2.29. The van der Waals surface area contributed by atoms with Gasteiger partial charge in [-0.3, -0.25) is 4.79 Å². The Balaban J connectivity index is 3.03. The highest BCUT2D eigenvalue weighted by molar-refractivity contribution is 9.10. The molecule has 0 saturated heterocycles. The van der Waals surface area contributed by atoms with Gasteiger partial charge in [0.05, 0.1) is 7.11 Å². The first-order valence-corrected chi connectivity index (χ1v) is 5.68. The van der Waals surface area contributed by atoms with Crippen molar-refractivity contribution in [2.45, 2.75) is 17.4 Å². The summed E-state index contributed by atoms with van der Waals surface area (Å²) in [6.45, 7) is 1.74. The van der Waals surface area contributed by atoms with Gasteiger partial charge in [-0.1, -0.05) is 46.3 Å². The van der Waals surface area contributed by atoms with Crippen molar-refractivity contribution in [1.29, 1.82) is 0 Å². The van der Waals surface area contributed by atoms with E-state index in [9.17, 15) is 4.79 Å². The molecular formula is C12H15BrO3. The zero-order valence-electron chi connectivity index (χ0n) is 9.57. The number of rotatable bonds is 4. The molecule has 88 valence electrons. The second-order valence-corrected chi connectivity index (χ2v) is 5.24. The zero-order valence-corrected chi connectivity index (χ0v) is 11.2. The maximum atomic E-state index is 11.7. The predicted molar refractivity (Wildman–Crippen MR) is 65.5 cm³/mol. The molecule has 0 heterocycles.